The minimum atomic E-state index is 0.683. The third-order valence-corrected chi connectivity index (χ3v) is 4.63. The van der Waals surface area contributed by atoms with E-state index >= 15 is 0 Å². The fraction of sp³-hybridized carbons (Fsp3) is 1.00. The van der Waals surface area contributed by atoms with Gasteiger partial charge in [-0.3, -0.25) is 4.90 Å². The molecule has 0 aromatic heterocycles. The van der Waals surface area contributed by atoms with Gasteiger partial charge in [-0.05, 0) is 63.8 Å². The minimum Gasteiger partial charge on any atom is -0.312 e. The number of rotatable bonds is 10. The van der Waals surface area contributed by atoms with Crippen LogP contribution in [0.15, 0.2) is 0 Å². The molecule has 0 aliphatic heterocycles. The van der Waals surface area contributed by atoms with Crippen LogP contribution < -0.4 is 5.32 Å². The summed E-state index contributed by atoms with van der Waals surface area (Å²) in [5.41, 5.74) is 0. The first-order chi connectivity index (χ1) is 8.74. The lowest BCUT2D eigenvalue weighted by molar-refractivity contribution is 0.153. The lowest BCUT2D eigenvalue weighted by Gasteiger charge is -2.35. The van der Waals surface area contributed by atoms with Gasteiger partial charge in [-0.15, -0.1) is 0 Å². The van der Waals surface area contributed by atoms with Crippen LogP contribution in [-0.2, 0) is 0 Å². The summed E-state index contributed by atoms with van der Waals surface area (Å²) in [5.74, 6) is 2.05. The van der Waals surface area contributed by atoms with Crippen molar-refractivity contribution in [1.29, 1.82) is 0 Å². The fourth-order valence-corrected chi connectivity index (χ4v) is 2.91. The molecule has 2 unspecified atom stereocenters. The van der Waals surface area contributed by atoms with Crippen LogP contribution in [0.4, 0.5) is 0 Å². The van der Waals surface area contributed by atoms with Crippen molar-refractivity contribution in [3.05, 3.63) is 0 Å². The minimum absolute atomic E-state index is 0.683. The van der Waals surface area contributed by atoms with Crippen molar-refractivity contribution in [1.82, 2.24) is 10.2 Å². The third kappa shape index (κ3) is 4.55. The van der Waals surface area contributed by atoms with E-state index in [2.05, 4.69) is 31.0 Å². The Bertz CT molecular complexity index is 219. The highest BCUT2D eigenvalue weighted by atomic mass is 15.2. The van der Waals surface area contributed by atoms with Crippen LogP contribution in [-0.4, -0.2) is 36.6 Å². The molecule has 0 radical (unpaired) electrons. The molecule has 0 saturated heterocycles. The second-order valence-corrected chi connectivity index (χ2v) is 6.55. The Labute approximate surface area is 114 Å². The van der Waals surface area contributed by atoms with Gasteiger partial charge in [0.2, 0.25) is 0 Å². The molecule has 0 aromatic rings. The second kappa shape index (κ2) is 6.91. The maximum absolute atomic E-state index is 3.74. The number of hydrogen-bond donors (Lipinski definition) is 1. The van der Waals surface area contributed by atoms with Gasteiger partial charge in [-0.2, -0.15) is 0 Å². The van der Waals surface area contributed by atoms with Crippen LogP contribution >= 0.6 is 0 Å². The van der Waals surface area contributed by atoms with Crippen molar-refractivity contribution in [2.75, 3.05) is 19.6 Å². The maximum Gasteiger partial charge on any atom is 0.0221 e. The summed E-state index contributed by atoms with van der Waals surface area (Å²) < 4.78 is 0. The highest BCUT2D eigenvalue weighted by Crippen LogP contribution is 2.34. The van der Waals surface area contributed by atoms with Crippen molar-refractivity contribution in [3.8, 4) is 0 Å². The monoisotopic (exact) mass is 252 g/mol. The normalized spacial score (nSPS) is 23.3. The van der Waals surface area contributed by atoms with Crippen LogP contribution in [0.3, 0.4) is 0 Å². The predicted octanol–water partition coefficient (Wildman–Crippen LogP) is 3.28. The molecule has 0 spiro atoms. The molecular formula is C16H32N2. The maximum atomic E-state index is 3.74. The smallest absolute Gasteiger partial charge is 0.0221 e. The van der Waals surface area contributed by atoms with Crippen LogP contribution in [0.1, 0.15) is 59.3 Å². The molecule has 0 heterocycles. The van der Waals surface area contributed by atoms with Gasteiger partial charge in [-0.1, -0.05) is 13.8 Å². The Balaban J connectivity index is 1.83. The van der Waals surface area contributed by atoms with Gasteiger partial charge in [0, 0.05) is 25.2 Å². The van der Waals surface area contributed by atoms with E-state index < -0.39 is 0 Å². The van der Waals surface area contributed by atoms with Crippen molar-refractivity contribution < 1.29 is 0 Å². The van der Waals surface area contributed by atoms with Crippen LogP contribution in [0.2, 0.25) is 0 Å². The molecule has 1 N–H and O–H groups in total. The Kier molecular flexibility index (Phi) is 5.50. The fourth-order valence-electron chi connectivity index (χ4n) is 2.91. The highest BCUT2D eigenvalue weighted by Gasteiger charge is 2.33. The summed E-state index contributed by atoms with van der Waals surface area (Å²) in [5, 5.41) is 3.74. The molecule has 2 rings (SSSR count). The van der Waals surface area contributed by atoms with Crippen LogP contribution in [0.25, 0.3) is 0 Å². The molecule has 0 bridgehead atoms. The van der Waals surface area contributed by atoms with Gasteiger partial charge in [-0.25, -0.2) is 0 Å². The SMILES string of the molecule is CCCNC(CC)C(C)N(CC1CC1)CC1CC1. The standard InChI is InChI=1S/C16H32N2/c1-4-10-17-16(5-2)13(3)18(11-14-6-7-14)12-15-8-9-15/h13-17H,4-12H2,1-3H3. The molecule has 18 heavy (non-hydrogen) atoms. The van der Waals surface area contributed by atoms with E-state index in [0.717, 1.165) is 11.8 Å². The quantitative estimate of drug-likeness (QED) is 0.642. The molecule has 2 atom stereocenters. The molecule has 0 amide bonds. The predicted molar refractivity (Wildman–Crippen MR) is 78.9 cm³/mol. The van der Waals surface area contributed by atoms with Crippen LogP contribution in [0.5, 0.6) is 0 Å². The molecule has 2 heteroatoms. The molecular weight excluding hydrogens is 220 g/mol. The topological polar surface area (TPSA) is 15.3 Å². The average molecular weight is 252 g/mol. The first-order valence-corrected chi connectivity index (χ1v) is 8.22. The van der Waals surface area contributed by atoms with Gasteiger partial charge in [0.05, 0.1) is 0 Å². The van der Waals surface area contributed by atoms with Crippen molar-refractivity contribution in [2.24, 2.45) is 11.8 Å². The second-order valence-electron chi connectivity index (χ2n) is 6.55. The Morgan fingerprint density at radius 2 is 1.61 bits per heavy atom. The lowest BCUT2D eigenvalue weighted by atomic mass is 10.0. The molecule has 2 nitrogen and oxygen atoms in total. The highest BCUT2D eigenvalue weighted by molar-refractivity contribution is 4.88. The first-order valence-electron chi connectivity index (χ1n) is 8.22. The molecule has 106 valence electrons. The van der Waals surface area contributed by atoms with E-state index in [1.165, 1.54) is 58.2 Å². The zero-order valence-corrected chi connectivity index (χ0v) is 12.6. The van der Waals surface area contributed by atoms with Gasteiger partial charge in [0.1, 0.15) is 0 Å². The van der Waals surface area contributed by atoms with Crippen LogP contribution in [0, 0.1) is 11.8 Å². The van der Waals surface area contributed by atoms with E-state index in [-0.39, 0.29) is 0 Å². The molecule has 0 aromatic carbocycles. The van der Waals surface area contributed by atoms with E-state index in [9.17, 15) is 0 Å². The van der Waals surface area contributed by atoms with E-state index in [1.54, 1.807) is 0 Å². The number of nitrogens with one attached hydrogen (secondary N) is 1. The number of hydrogen-bond acceptors (Lipinski definition) is 2. The largest absolute Gasteiger partial charge is 0.312 e. The van der Waals surface area contributed by atoms with Crippen molar-refractivity contribution in [3.63, 3.8) is 0 Å². The third-order valence-electron chi connectivity index (χ3n) is 4.63. The number of nitrogens with zero attached hydrogens (tertiary/aromatic N) is 1. The molecule has 2 aliphatic rings. The lowest BCUT2D eigenvalue weighted by Crippen LogP contribution is -2.49. The molecule has 2 aliphatic carbocycles. The van der Waals surface area contributed by atoms with E-state index in [0.29, 0.717) is 12.1 Å². The zero-order chi connectivity index (χ0) is 13.0. The van der Waals surface area contributed by atoms with E-state index in [4.69, 9.17) is 0 Å². The summed E-state index contributed by atoms with van der Waals surface area (Å²) in [6.45, 7) is 10.9. The van der Waals surface area contributed by atoms with Crippen molar-refractivity contribution in [2.45, 2.75) is 71.4 Å². The summed E-state index contributed by atoms with van der Waals surface area (Å²) in [6.07, 6.45) is 8.42. The Morgan fingerprint density at radius 1 is 1.06 bits per heavy atom. The van der Waals surface area contributed by atoms with Gasteiger partial charge >= 0.3 is 0 Å². The average Bonchev–Trinajstić information content (AvgIpc) is 3.24. The van der Waals surface area contributed by atoms with Gasteiger partial charge < -0.3 is 5.32 Å². The summed E-state index contributed by atoms with van der Waals surface area (Å²) in [4.78, 5) is 2.80. The summed E-state index contributed by atoms with van der Waals surface area (Å²) >= 11 is 0. The summed E-state index contributed by atoms with van der Waals surface area (Å²) in [7, 11) is 0. The van der Waals surface area contributed by atoms with Gasteiger partial charge in [0.15, 0.2) is 0 Å². The van der Waals surface area contributed by atoms with E-state index in [1.807, 2.05) is 0 Å². The van der Waals surface area contributed by atoms with Crippen molar-refractivity contribution >= 4 is 0 Å². The Hall–Kier alpha value is -0.0800. The zero-order valence-electron chi connectivity index (χ0n) is 12.6. The first kappa shape index (κ1) is 14.3. The molecule has 2 fully saturated rings. The van der Waals surface area contributed by atoms with Gasteiger partial charge in [0.25, 0.3) is 0 Å². The molecule has 2 saturated carbocycles. The Morgan fingerprint density at radius 3 is 2.00 bits per heavy atom. The summed E-state index contributed by atoms with van der Waals surface area (Å²) in [6, 6.07) is 1.39.